The van der Waals surface area contributed by atoms with E-state index in [9.17, 15) is 4.79 Å². The molecule has 47 heavy (non-hydrogen) atoms. The number of amides is 1. The largest absolute Gasteiger partial charge is 0.446 e. The molecular weight excluding hydrogens is 603 g/mol. The molecule has 0 aromatic rings. The molecule has 3 saturated carbocycles. The van der Waals surface area contributed by atoms with Crippen molar-refractivity contribution in [3.63, 3.8) is 0 Å². The van der Waals surface area contributed by atoms with Crippen molar-refractivity contribution in [1.82, 2.24) is 9.57 Å². The quantitative estimate of drug-likeness (QED) is 0.152. The van der Waals surface area contributed by atoms with Crippen LogP contribution in [0.25, 0.3) is 0 Å². The van der Waals surface area contributed by atoms with Gasteiger partial charge in [0.25, 0.3) is 8.53 Å². The van der Waals surface area contributed by atoms with Crippen molar-refractivity contribution in [2.45, 2.75) is 170 Å². The summed E-state index contributed by atoms with van der Waals surface area (Å²) in [7, 11) is 0.640. The molecule has 0 aromatic carbocycles. The van der Waals surface area contributed by atoms with Crippen LogP contribution in [-0.2, 0) is 13.8 Å². The lowest BCUT2D eigenvalue weighted by Crippen LogP contribution is -2.51. The van der Waals surface area contributed by atoms with E-state index in [1.807, 2.05) is 4.90 Å². The van der Waals surface area contributed by atoms with Gasteiger partial charge in [0.15, 0.2) is 0 Å². The van der Waals surface area contributed by atoms with Gasteiger partial charge in [0.2, 0.25) is 0 Å². The normalized spacial score (nSPS) is 35.9. The molecule has 5 rings (SSSR count). The van der Waals surface area contributed by atoms with Gasteiger partial charge in [-0.15, -0.1) is 0 Å². The van der Waals surface area contributed by atoms with Gasteiger partial charge in [0.05, 0.1) is 6.10 Å². The molecule has 5 aliphatic rings. The summed E-state index contributed by atoms with van der Waals surface area (Å²) in [4.78, 5) is 15.3. The molecule has 7 heteroatoms. The van der Waals surface area contributed by atoms with Gasteiger partial charge in [-0.05, 0) is 132 Å². The number of allylic oxidation sites excluding steroid dienone is 1. The highest BCUT2D eigenvalue weighted by Gasteiger charge is 2.59. The summed E-state index contributed by atoms with van der Waals surface area (Å²) in [5.41, 5.74) is 2.41. The van der Waals surface area contributed by atoms with Gasteiger partial charge in [-0.2, -0.15) is 0 Å². The van der Waals surface area contributed by atoms with Crippen LogP contribution >= 0.6 is 8.53 Å². The van der Waals surface area contributed by atoms with Crippen molar-refractivity contribution in [1.29, 1.82) is 0 Å². The summed E-state index contributed by atoms with van der Waals surface area (Å²) in [6.07, 6.45) is 18.5. The first-order valence-electron chi connectivity index (χ1n) is 19.7. The van der Waals surface area contributed by atoms with Crippen LogP contribution in [0.3, 0.4) is 0 Å². The minimum atomic E-state index is -1.11. The van der Waals surface area contributed by atoms with Crippen molar-refractivity contribution < 1.29 is 18.6 Å². The minimum Gasteiger partial charge on any atom is -0.446 e. The number of carbonyl (C=O) groups excluding carboxylic acids is 1. The van der Waals surface area contributed by atoms with Gasteiger partial charge in [-0.25, -0.2) is 9.46 Å². The number of nitrogens with zero attached hydrogens (tertiary/aromatic N) is 2. The van der Waals surface area contributed by atoms with E-state index in [1.54, 1.807) is 12.7 Å². The van der Waals surface area contributed by atoms with Crippen LogP contribution in [0, 0.1) is 46.3 Å². The highest BCUT2D eigenvalue weighted by atomic mass is 31.2. The second kappa shape index (κ2) is 15.7. The third-order valence-electron chi connectivity index (χ3n) is 13.9. The molecule has 0 bridgehead atoms. The molecule has 270 valence electrons. The number of piperidine rings is 1. The minimum absolute atomic E-state index is 0.00993. The highest BCUT2D eigenvalue weighted by Crippen LogP contribution is 2.67. The molecule has 1 aliphatic heterocycles. The molecule has 1 saturated heterocycles. The van der Waals surface area contributed by atoms with Crippen LogP contribution in [0.2, 0.25) is 0 Å². The predicted molar refractivity (Wildman–Crippen MR) is 195 cm³/mol. The first kappa shape index (κ1) is 37.6. The second-order valence-electron chi connectivity index (χ2n) is 17.8. The SMILES string of the molecule is COP(OC1CCN(C(=O)OC2CC[C@@]3(C)C(=CCC4C3CC[C@@]3(C)C4CC[C@@H]3[C@H](C)CCCC(C)C)C2)CC1)N(C(C)C)C(C)C. The molecule has 5 unspecified atom stereocenters. The Morgan fingerprint density at radius 1 is 0.915 bits per heavy atom. The Balaban J connectivity index is 1.13. The Bertz CT molecular complexity index is 1060. The summed E-state index contributed by atoms with van der Waals surface area (Å²) >= 11 is 0. The van der Waals surface area contributed by atoms with E-state index < -0.39 is 8.53 Å². The van der Waals surface area contributed by atoms with Crippen LogP contribution in [0.15, 0.2) is 11.6 Å². The fourth-order valence-electron chi connectivity index (χ4n) is 11.4. The van der Waals surface area contributed by atoms with Crippen LogP contribution in [-0.4, -0.2) is 60.2 Å². The highest BCUT2D eigenvalue weighted by molar-refractivity contribution is 7.44. The number of hydrogen-bond donors (Lipinski definition) is 0. The first-order chi connectivity index (χ1) is 22.3. The van der Waals surface area contributed by atoms with Crippen molar-refractivity contribution in [2.75, 3.05) is 20.2 Å². The van der Waals surface area contributed by atoms with Gasteiger partial charge in [-0.1, -0.05) is 65.5 Å². The molecular formula is C40H71N2O4P. The lowest BCUT2D eigenvalue weighted by molar-refractivity contribution is -0.0597. The molecule has 1 amide bonds. The maximum atomic E-state index is 13.4. The molecule has 9 atom stereocenters. The van der Waals surface area contributed by atoms with E-state index in [-0.39, 0.29) is 23.7 Å². The topological polar surface area (TPSA) is 51.2 Å². The summed E-state index contributed by atoms with van der Waals surface area (Å²) in [6.45, 7) is 22.7. The summed E-state index contributed by atoms with van der Waals surface area (Å²) in [6, 6.07) is 0.704. The van der Waals surface area contributed by atoms with E-state index in [0.717, 1.165) is 67.6 Å². The number of likely N-dealkylation sites (tertiary alicyclic amines) is 1. The lowest BCUT2D eigenvalue weighted by Gasteiger charge is -2.58. The van der Waals surface area contributed by atoms with E-state index in [0.29, 0.717) is 30.6 Å². The molecule has 0 radical (unpaired) electrons. The van der Waals surface area contributed by atoms with Crippen molar-refractivity contribution in [2.24, 2.45) is 46.3 Å². The summed E-state index contributed by atoms with van der Waals surface area (Å²) in [5, 5.41) is 0. The zero-order valence-corrected chi connectivity index (χ0v) is 32.8. The molecule has 0 spiro atoms. The van der Waals surface area contributed by atoms with E-state index >= 15 is 0 Å². The fourth-order valence-corrected chi connectivity index (χ4v) is 13.0. The van der Waals surface area contributed by atoms with Crippen molar-refractivity contribution in [3.05, 3.63) is 11.6 Å². The fraction of sp³-hybridized carbons (Fsp3) is 0.925. The molecule has 6 nitrogen and oxygen atoms in total. The standard InChI is InChI=1S/C40H71N2O4P/c1-27(2)12-11-13-30(7)35-16-17-36-34-15-14-31-26-33(18-22-39(31,8)37(34)19-23-40(35,36)9)45-38(43)41-24-20-32(21-25-41)46-47(44-10)42(28(3)4)29(5)6/h14,27-30,32-37H,11-13,15-26H2,1-10H3/t30-,33?,34?,35-,36?,37?,39+,40-,47?/m1/s1. The third kappa shape index (κ3) is 7.97. The zero-order chi connectivity index (χ0) is 34.1. The van der Waals surface area contributed by atoms with Crippen molar-refractivity contribution in [3.8, 4) is 0 Å². The number of fused-ring (bicyclic) bond motifs is 5. The Labute approximate surface area is 290 Å². The Hall–Kier alpha value is -0.680. The van der Waals surface area contributed by atoms with Crippen LogP contribution in [0.4, 0.5) is 4.79 Å². The van der Waals surface area contributed by atoms with Gasteiger partial charge in [0, 0.05) is 38.7 Å². The monoisotopic (exact) mass is 675 g/mol. The number of hydrogen-bond acceptors (Lipinski definition) is 5. The second-order valence-corrected chi connectivity index (χ2v) is 19.3. The average Bonchev–Trinajstić information content (AvgIpc) is 3.38. The summed E-state index contributed by atoms with van der Waals surface area (Å²) in [5.74, 6) is 5.11. The van der Waals surface area contributed by atoms with E-state index in [2.05, 4.69) is 73.1 Å². The van der Waals surface area contributed by atoms with Crippen molar-refractivity contribution >= 4 is 14.6 Å². The number of carbonyl (C=O) groups is 1. The lowest BCUT2D eigenvalue weighted by atomic mass is 9.47. The smallest absolute Gasteiger partial charge is 0.410 e. The Morgan fingerprint density at radius 3 is 2.26 bits per heavy atom. The van der Waals surface area contributed by atoms with Crippen LogP contribution in [0.5, 0.6) is 0 Å². The zero-order valence-electron chi connectivity index (χ0n) is 31.9. The molecule has 0 aromatic heterocycles. The number of ether oxygens (including phenoxy) is 1. The molecule has 4 fully saturated rings. The van der Waals surface area contributed by atoms with Crippen LogP contribution < -0.4 is 0 Å². The molecule has 0 N–H and O–H groups in total. The summed E-state index contributed by atoms with van der Waals surface area (Å²) < 4.78 is 20.9. The molecule has 1 heterocycles. The Kier molecular flexibility index (Phi) is 12.5. The van der Waals surface area contributed by atoms with Gasteiger partial charge in [0.1, 0.15) is 6.10 Å². The van der Waals surface area contributed by atoms with Gasteiger partial charge >= 0.3 is 6.09 Å². The van der Waals surface area contributed by atoms with E-state index in [1.165, 1.54) is 51.4 Å². The van der Waals surface area contributed by atoms with Gasteiger partial charge in [-0.3, -0.25) is 0 Å². The Morgan fingerprint density at radius 2 is 1.62 bits per heavy atom. The first-order valence-corrected chi connectivity index (χ1v) is 20.9. The average molecular weight is 675 g/mol. The predicted octanol–water partition coefficient (Wildman–Crippen LogP) is 11.0. The van der Waals surface area contributed by atoms with Crippen LogP contribution in [0.1, 0.15) is 146 Å². The molecule has 4 aliphatic carbocycles. The maximum absolute atomic E-state index is 13.4. The maximum Gasteiger partial charge on any atom is 0.410 e. The van der Waals surface area contributed by atoms with E-state index in [4.69, 9.17) is 13.8 Å². The number of rotatable bonds is 12. The van der Waals surface area contributed by atoms with Gasteiger partial charge < -0.3 is 18.7 Å². The third-order valence-corrected chi connectivity index (χ3v) is 16.0.